The minimum absolute atomic E-state index is 0.0831. The van der Waals surface area contributed by atoms with Crippen LogP contribution in [-0.2, 0) is 6.18 Å². The summed E-state index contributed by atoms with van der Waals surface area (Å²) in [7, 11) is 2.85. The Labute approximate surface area is 137 Å². The molecule has 6 heteroatoms. The van der Waals surface area contributed by atoms with Crippen molar-refractivity contribution in [2.24, 2.45) is 0 Å². The van der Waals surface area contributed by atoms with Crippen LogP contribution in [-0.4, -0.2) is 20.0 Å². The Morgan fingerprint density at radius 3 is 2.38 bits per heavy atom. The molecule has 0 heterocycles. The quantitative estimate of drug-likeness (QED) is 0.590. The fraction of sp³-hybridized carbons (Fsp3) is 0.167. The first-order valence-corrected chi connectivity index (χ1v) is 6.97. The molecule has 24 heavy (non-hydrogen) atoms. The Morgan fingerprint density at radius 1 is 1.04 bits per heavy atom. The molecule has 0 aliphatic carbocycles. The van der Waals surface area contributed by atoms with Gasteiger partial charge in [0.2, 0.25) is 0 Å². The van der Waals surface area contributed by atoms with E-state index in [1.165, 1.54) is 38.5 Å². The Bertz CT molecular complexity index is 764. The topological polar surface area (TPSA) is 35.5 Å². The number of benzene rings is 2. The molecular weight excluding hydrogens is 321 g/mol. The van der Waals surface area contributed by atoms with Crippen molar-refractivity contribution in [2.75, 3.05) is 14.2 Å². The summed E-state index contributed by atoms with van der Waals surface area (Å²) in [6, 6.07) is 9.70. The molecule has 0 bridgehead atoms. The maximum Gasteiger partial charge on any atom is 0.416 e. The molecule has 0 amide bonds. The van der Waals surface area contributed by atoms with Crippen molar-refractivity contribution in [2.45, 2.75) is 6.18 Å². The molecule has 0 fully saturated rings. The average Bonchev–Trinajstić information content (AvgIpc) is 2.58. The van der Waals surface area contributed by atoms with Crippen LogP contribution < -0.4 is 9.47 Å². The van der Waals surface area contributed by atoms with Crippen molar-refractivity contribution in [1.29, 1.82) is 0 Å². The van der Waals surface area contributed by atoms with E-state index in [2.05, 4.69) is 0 Å². The predicted octanol–water partition coefficient (Wildman–Crippen LogP) is 4.62. The van der Waals surface area contributed by atoms with Crippen molar-refractivity contribution in [3.05, 3.63) is 65.2 Å². The van der Waals surface area contributed by atoms with Crippen LogP contribution in [0.25, 0.3) is 6.08 Å². The Hall–Kier alpha value is -2.76. The van der Waals surface area contributed by atoms with Crippen LogP contribution in [0.5, 0.6) is 11.5 Å². The second-order valence-electron chi connectivity index (χ2n) is 4.85. The molecule has 0 aromatic heterocycles. The lowest BCUT2D eigenvalue weighted by Gasteiger charge is -2.10. The van der Waals surface area contributed by atoms with Crippen molar-refractivity contribution in [3.8, 4) is 11.5 Å². The van der Waals surface area contributed by atoms with Crippen molar-refractivity contribution >= 4 is 11.9 Å². The molecule has 0 spiro atoms. The van der Waals surface area contributed by atoms with Crippen LogP contribution in [0.4, 0.5) is 13.2 Å². The first-order valence-electron chi connectivity index (χ1n) is 6.97. The van der Waals surface area contributed by atoms with Gasteiger partial charge in [-0.1, -0.05) is 24.3 Å². The number of alkyl halides is 3. The first kappa shape index (κ1) is 17.6. The second kappa shape index (κ2) is 7.21. The SMILES string of the molecule is COc1ccc(OC)c(C(=O)/C=C\c2ccccc2C(F)(F)F)c1. The van der Waals surface area contributed by atoms with E-state index in [-0.39, 0.29) is 11.1 Å². The van der Waals surface area contributed by atoms with Gasteiger partial charge in [0.1, 0.15) is 11.5 Å². The van der Waals surface area contributed by atoms with E-state index in [0.29, 0.717) is 11.5 Å². The number of methoxy groups -OCH3 is 2. The number of rotatable bonds is 5. The van der Waals surface area contributed by atoms with E-state index in [0.717, 1.165) is 18.2 Å². The monoisotopic (exact) mass is 336 g/mol. The largest absolute Gasteiger partial charge is 0.497 e. The van der Waals surface area contributed by atoms with E-state index in [4.69, 9.17) is 9.47 Å². The second-order valence-corrected chi connectivity index (χ2v) is 4.85. The fourth-order valence-corrected chi connectivity index (χ4v) is 2.16. The molecule has 0 aliphatic rings. The van der Waals surface area contributed by atoms with Gasteiger partial charge in [0.05, 0.1) is 25.3 Å². The first-order chi connectivity index (χ1) is 11.4. The van der Waals surface area contributed by atoms with E-state index < -0.39 is 17.5 Å². The molecule has 0 saturated carbocycles. The number of ketones is 1. The lowest BCUT2D eigenvalue weighted by atomic mass is 10.0. The van der Waals surface area contributed by atoms with Crippen molar-refractivity contribution < 1.29 is 27.4 Å². The number of hydrogen-bond acceptors (Lipinski definition) is 3. The number of ether oxygens (including phenoxy) is 2. The standard InChI is InChI=1S/C18H15F3O3/c1-23-13-8-10-17(24-2)14(11-13)16(22)9-7-12-5-3-4-6-15(12)18(19,20)21/h3-11H,1-2H3/b9-7-. The summed E-state index contributed by atoms with van der Waals surface area (Å²) >= 11 is 0. The van der Waals surface area contributed by atoms with Crippen LogP contribution >= 0.6 is 0 Å². The summed E-state index contributed by atoms with van der Waals surface area (Å²) in [6.45, 7) is 0. The van der Waals surface area contributed by atoms with Gasteiger partial charge in [0.15, 0.2) is 5.78 Å². The van der Waals surface area contributed by atoms with Crippen molar-refractivity contribution in [3.63, 3.8) is 0 Å². The third-order valence-corrected chi connectivity index (χ3v) is 3.35. The Morgan fingerprint density at radius 2 is 1.75 bits per heavy atom. The molecule has 2 aromatic carbocycles. The molecule has 3 nitrogen and oxygen atoms in total. The van der Waals surface area contributed by atoms with Crippen LogP contribution in [0.2, 0.25) is 0 Å². The van der Waals surface area contributed by atoms with Gasteiger partial charge in [0, 0.05) is 0 Å². The lowest BCUT2D eigenvalue weighted by Crippen LogP contribution is -2.07. The number of carbonyl (C=O) groups excluding carboxylic acids is 1. The zero-order valence-corrected chi connectivity index (χ0v) is 13.1. The highest BCUT2D eigenvalue weighted by Gasteiger charge is 2.32. The summed E-state index contributed by atoms with van der Waals surface area (Å²) in [4.78, 5) is 12.3. The summed E-state index contributed by atoms with van der Waals surface area (Å²) in [5.74, 6) is 0.278. The zero-order chi connectivity index (χ0) is 17.7. The highest BCUT2D eigenvalue weighted by atomic mass is 19.4. The highest BCUT2D eigenvalue weighted by Crippen LogP contribution is 2.32. The van der Waals surface area contributed by atoms with E-state index in [1.807, 2.05) is 0 Å². The lowest BCUT2D eigenvalue weighted by molar-refractivity contribution is -0.137. The van der Waals surface area contributed by atoms with E-state index in [1.54, 1.807) is 12.1 Å². The number of carbonyl (C=O) groups is 1. The maximum atomic E-state index is 13.0. The molecule has 0 saturated heterocycles. The molecular formula is C18H15F3O3. The molecule has 2 rings (SSSR count). The Balaban J connectivity index is 2.36. The van der Waals surface area contributed by atoms with Crippen molar-refractivity contribution in [1.82, 2.24) is 0 Å². The third kappa shape index (κ3) is 3.95. The molecule has 2 aromatic rings. The number of halogens is 3. The van der Waals surface area contributed by atoms with Crippen LogP contribution in [0.15, 0.2) is 48.5 Å². The summed E-state index contributed by atoms with van der Waals surface area (Å²) in [5.41, 5.74) is -0.676. The zero-order valence-electron chi connectivity index (χ0n) is 13.1. The molecule has 126 valence electrons. The van der Waals surface area contributed by atoms with Gasteiger partial charge in [-0.15, -0.1) is 0 Å². The average molecular weight is 336 g/mol. The van der Waals surface area contributed by atoms with Gasteiger partial charge >= 0.3 is 6.18 Å². The van der Waals surface area contributed by atoms with Gasteiger partial charge in [-0.2, -0.15) is 13.2 Å². The summed E-state index contributed by atoms with van der Waals surface area (Å²) in [5, 5.41) is 0. The molecule has 0 atom stereocenters. The van der Waals surface area contributed by atoms with Gasteiger partial charge in [-0.05, 0) is 35.9 Å². The number of allylic oxidation sites excluding steroid dienone is 1. The fourth-order valence-electron chi connectivity index (χ4n) is 2.16. The van der Waals surface area contributed by atoms with Crippen LogP contribution in [0.1, 0.15) is 21.5 Å². The number of hydrogen-bond donors (Lipinski definition) is 0. The molecule has 0 unspecified atom stereocenters. The normalized spacial score (nSPS) is 11.5. The minimum atomic E-state index is -4.49. The van der Waals surface area contributed by atoms with Gasteiger partial charge in [-0.3, -0.25) is 4.79 Å². The smallest absolute Gasteiger partial charge is 0.416 e. The molecule has 0 radical (unpaired) electrons. The molecule has 0 N–H and O–H groups in total. The van der Waals surface area contributed by atoms with E-state index in [9.17, 15) is 18.0 Å². The summed E-state index contributed by atoms with van der Waals surface area (Å²) in [6.07, 6.45) is -2.26. The van der Waals surface area contributed by atoms with Gasteiger partial charge in [-0.25, -0.2) is 0 Å². The van der Waals surface area contributed by atoms with Gasteiger partial charge < -0.3 is 9.47 Å². The summed E-state index contributed by atoms with van der Waals surface area (Å²) < 4.78 is 49.0. The van der Waals surface area contributed by atoms with E-state index >= 15 is 0 Å². The Kier molecular flexibility index (Phi) is 5.28. The molecule has 0 aliphatic heterocycles. The van der Waals surface area contributed by atoms with Crippen LogP contribution in [0, 0.1) is 0 Å². The van der Waals surface area contributed by atoms with Crippen LogP contribution in [0.3, 0.4) is 0 Å². The minimum Gasteiger partial charge on any atom is -0.497 e. The predicted molar refractivity (Wildman–Crippen MR) is 84.4 cm³/mol. The highest BCUT2D eigenvalue weighted by molar-refractivity contribution is 6.09. The van der Waals surface area contributed by atoms with Gasteiger partial charge in [0.25, 0.3) is 0 Å². The third-order valence-electron chi connectivity index (χ3n) is 3.35. The maximum absolute atomic E-state index is 13.0.